The number of likely N-dealkylation sites (tertiary alicyclic amines) is 1. The Bertz CT molecular complexity index is 1090. The van der Waals surface area contributed by atoms with E-state index in [2.05, 4.69) is 45.5 Å². The molecular formula is C24H28N4O2. The van der Waals surface area contributed by atoms with Crippen LogP contribution in [0.15, 0.2) is 59.4 Å². The monoisotopic (exact) mass is 404 g/mol. The number of nitrogens with one attached hydrogen (secondary N) is 2. The van der Waals surface area contributed by atoms with E-state index in [1.165, 1.54) is 16.6 Å². The van der Waals surface area contributed by atoms with E-state index >= 15 is 0 Å². The van der Waals surface area contributed by atoms with Crippen LogP contribution < -0.4 is 11.0 Å². The summed E-state index contributed by atoms with van der Waals surface area (Å²) in [6, 6.07) is 18.3. The van der Waals surface area contributed by atoms with Gasteiger partial charge in [-0.1, -0.05) is 48.9 Å². The molecule has 2 N–H and O–H groups in total. The molecule has 2 heterocycles. The van der Waals surface area contributed by atoms with Crippen molar-refractivity contribution in [1.29, 1.82) is 0 Å². The summed E-state index contributed by atoms with van der Waals surface area (Å²) in [4.78, 5) is 30.5. The van der Waals surface area contributed by atoms with E-state index in [0.717, 1.165) is 43.5 Å². The standard InChI is InChI=1S/C24H28N4O2/c29-23(16-28-22-12-5-4-10-21(22)26-24(28)30)25-20-11-6-9-18-14-27(15-19(18)20)13-17-7-2-1-3-8-17/h1-5,7-8,10,12,18-20H,6,9,11,13-16H2,(H,25,29)(H,26,30). The molecule has 1 saturated carbocycles. The lowest BCUT2D eigenvalue weighted by atomic mass is 9.78. The summed E-state index contributed by atoms with van der Waals surface area (Å²) in [5, 5.41) is 3.27. The molecule has 3 atom stereocenters. The summed E-state index contributed by atoms with van der Waals surface area (Å²) in [5.41, 5.74) is 2.65. The molecule has 1 amide bonds. The second kappa shape index (κ2) is 8.11. The van der Waals surface area contributed by atoms with E-state index < -0.39 is 0 Å². The first-order valence-electron chi connectivity index (χ1n) is 10.9. The minimum atomic E-state index is -0.234. The zero-order chi connectivity index (χ0) is 20.5. The predicted molar refractivity (Wildman–Crippen MR) is 117 cm³/mol. The van der Waals surface area contributed by atoms with Crippen molar-refractivity contribution in [2.24, 2.45) is 11.8 Å². The van der Waals surface area contributed by atoms with Crippen LogP contribution in [0.3, 0.4) is 0 Å². The predicted octanol–water partition coefficient (Wildman–Crippen LogP) is 2.75. The summed E-state index contributed by atoms with van der Waals surface area (Å²) in [5.74, 6) is 1.06. The van der Waals surface area contributed by atoms with Crippen LogP contribution in [0, 0.1) is 11.8 Å². The number of para-hydroxylation sites is 2. The number of imidazole rings is 1. The molecule has 156 valence electrons. The highest BCUT2D eigenvalue weighted by atomic mass is 16.2. The van der Waals surface area contributed by atoms with Gasteiger partial charge in [-0.3, -0.25) is 14.3 Å². The third kappa shape index (κ3) is 3.79. The number of aromatic amines is 1. The maximum absolute atomic E-state index is 12.8. The first kappa shape index (κ1) is 19.1. The van der Waals surface area contributed by atoms with Crippen molar-refractivity contribution >= 4 is 16.9 Å². The Labute approximate surface area is 175 Å². The van der Waals surface area contributed by atoms with E-state index in [4.69, 9.17) is 0 Å². The van der Waals surface area contributed by atoms with E-state index in [0.29, 0.717) is 11.8 Å². The lowest BCUT2D eigenvalue weighted by Crippen LogP contribution is -2.46. The molecule has 2 aromatic carbocycles. The molecule has 3 aromatic rings. The summed E-state index contributed by atoms with van der Waals surface area (Å²) in [6.07, 6.45) is 3.41. The molecule has 0 bridgehead atoms. The number of hydrogen-bond acceptors (Lipinski definition) is 3. The van der Waals surface area contributed by atoms with Crippen LogP contribution in [0.2, 0.25) is 0 Å². The Morgan fingerprint density at radius 3 is 2.70 bits per heavy atom. The van der Waals surface area contributed by atoms with E-state index in [1.54, 1.807) is 0 Å². The first-order chi connectivity index (χ1) is 14.7. The fourth-order valence-electron chi connectivity index (χ4n) is 5.37. The number of carbonyl (C=O) groups excluding carboxylic acids is 1. The average molecular weight is 405 g/mol. The Morgan fingerprint density at radius 1 is 1.03 bits per heavy atom. The first-order valence-corrected chi connectivity index (χ1v) is 10.9. The van der Waals surface area contributed by atoms with Crippen molar-refractivity contribution in [3.05, 3.63) is 70.6 Å². The zero-order valence-corrected chi connectivity index (χ0v) is 17.1. The molecule has 3 unspecified atom stereocenters. The van der Waals surface area contributed by atoms with Crippen molar-refractivity contribution in [3.8, 4) is 0 Å². The lowest BCUT2D eigenvalue weighted by Gasteiger charge is -2.33. The van der Waals surface area contributed by atoms with E-state index in [-0.39, 0.29) is 24.2 Å². The van der Waals surface area contributed by atoms with Gasteiger partial charge in [0.15, 0.2) is 0 Å². The Hall–Kier alpha value is -2.86. The second-order valence-electron chi connectivity index (χ2n) is 8.74. The quantitative estimate of drug-likeness (QED) is 0.687. The maximum Gasteiger partial charge on any atom is 0.326 e. The summed E-state index contributed by atoms with van der Waals surface area (Å²) in [6.45, 7) is 3.16. The summed E-state index contributed by atoms with van der Waals surface area (Å²) < 4.78 is 1.53. The number of carbonyl (C=O) groups is 1. The summed E-state index contributed by atoms with van der Waals surface area (Å²) >= 11 is 0. The molecule has 6 heteroatoms. The molecule has 30 heavy (non-hydrogen) atoms. The highest BCUT2D eigenvalue weighted by Gasteiger charge is 2.40. The number of benzene rings is 2. The van der Waals surface area contributed by atoms with Crippen molar-refractivity contribution < 1.29 is 4.79 Å². The minimum Gasteiger partial charge on any atom is -0.351 e. The van der Waals surface area contributed by atoms with Gasteiger partial charge in [0, 0.05) is 25.7 Å². The van der Waals surface area contributed by atoms with Crippen LogP contribution in [-0.4, -0.2) is 39.5 Å². The Morgan fingerprint density at radius 2 is 1.83 bits per heavy atom. The molecule has 0 radical (unpaired) electrons. The third-order valence-corrected chi connectivity index (χ3v) is 6.75. The number of hydrogen-bond donors (Lipinski definition) is 2. The number of H-pyrrole nitrogens is 1. The molecule has 6 nitrogen and oxygen atoms in total. The van der Waals surface area contributed by atoms with Gasteiger partial charge in [-0.05, 0) is 42.4 Å². The van der Waals surface area contributed by atoms with Crippen molar-refractivity contribution in [2.45, 2.75) is 38.4 Å². The van der Waals surface area contributed by atoms with Crippen LogP contribution >= 0.6 is 0 Å². The van der Waals surface area contributed by atoms with E-state index in [1.807, 2.05) is 24.3 Å². The van der Waals surface area contributed by atoms with Gasteiger partial charge in [-0.2, -0.15) is 0 Å². The van der Waals surface area contributed by atoms with Crippen LogP contribution in [0.1, 0.15) is 24.8 Å². The highest BCUT2D eigenvalue weighted by Crippen LogP contribution is 2.37. The van der Waals surface area contributed by atoms with E-state index in [9.17, 15) is 9.59 Å². The molecule has 1 saturated heterocycles. The molecule has 5 rings (SSSR count). The zero-order valence-electron chi connectivity index (χ0n) is 17.1. The molecule has 1 aliphatic heterocycles. The van der Waals surface area contributed by atoms with Crippen LogP contribution in [0.5, 0.6) is 0 Å². The number of aromatic nitrogens is 2. The molecule has 2 aliphatic rings. The normalized spacial score (nSPS) is 24.1. The van der Waals surface area contributed by atoms with Gasteiger partial charge in [-0.15, -0.1) is 0 Å². The van der Waals surface area contributed by atoms with Gasteiger partial charge < -0.3 is 10.3 Å². The smallest absolute Gasteiger partial charge is 0.326 e. The van der Waals surface area contributed by atoms with Crippen molar-refractivity contribution in [1.82, 2.24) is 19.8 Å². The number of amides is 1. The summed E-state index contributed by atoms with van der Waals surface area (Å²) in [7, 11) is 0. The molecular weight excluding hydrogens is 376 g/mol. The lowest BCUT2D eigenvalue weighted by molar-refractivity contribution is -0.123. The largest absolute Gasteiger partial charge is 0.351 e. The Kier molecular flexibility index (Phi) is 5.17. The van der Waals surface area contributed by atoms with Gasteiger partial charge in [0.2, 0.25) is 5.91 Å². The topological polar surface area (TPSA) is 70.1 Å². The van der Waals surface area contributed by atoms with Crippen molar-refractivity contribution in [3.63, 3.8) is 0 Å². The molecule has 2 fully saturated rings. The fraction of sp³-hybridized carbons (Fsp3) is 0.417. The number of rotatable bonds is 5. The minimum absolute atomic E-state index is 0.0600. The van der Waals surface area contributed by atoms with Crippen LogP contribution in [0.25, 0.3) is 11.0 Å². The average Bonchev–Trinajstić information content (AvgIpc) is 3.30. The third-order valence-electron chi connectivity index (χ3n) is 6.75. The van der Waals surface area contributed by atoms with Crippen LogP contribution in [0.4, 0.5) is 0 Å². The number of fused-ring (bicyclic) bond motifs is 2. The van der Waals surface area contributed by atoms with Gasteiger partial charge in [0.25, 0.3) is 0 Å². The molecule has 1 aromatic heterocycles. The molecule has 1 aliphatic carbocycles. The van der Waals surface area contributed by atoms with Gasteiger partial charge in [0.1, 0.15) is 6.54 Å². The van der Waals surface area contributed by atoms with Gasteiger partial charge >= 0.3 is 5.69 Å². The molecule has 0 spiro atoms. The van der Waals surface area contributed by atoms with Crippen molar-refractivity contribution in [2.75, 3.05) is 13.1 Å². The van der Waals surface area contributed by atoms with Gasteiger partial charge in [0.05, 0.1) is 11.0 Å². The highest BCUT2D eigenvalue weighted by molar-refractivity contribution is 5.80. The maximum atomic E-state index is 12.8. The fourth-order valence-corrected chi connectivity index (χ4v) is 5.37. The van der Waals surface area contributed by atoms with Crippen LogP contribution in [-0.2, 0) is 17.9 Å². The van der Waals surface area contributed by atoms with Gasteiger partial charge in [-0.25, -0.2) is 4.79 Å². The SMILES string of the molecule is O=C(Cn1c(=O)[nH]c2ccccc21)NC1CCCC2CN(Cc3ccccc3)CC21. The Balaban J connectivity index is 1.25. The number of nitrogens with zero attached hydrogens (tertiary/aromatic N) is 2. The second-order valence-corrected chi connectivity index (χ2v) is 8.74.